The molecule has 0 radical (unpaired) electrons. The number of thiophene rings is 1. The van der Waals surface area contributed by atoms with Crippen LogP contribution in [0.4, 0.5) is 0 Å². The highest BCUT2D eigenvalue weighted by Gasteiger charge is 2.10. The average Bonchev–Trinajstić information content (AvgIpc) is 2.84. The van der Waals surface area contributed by atoms with E-state index >= 15 is 0 Å². The molecule has 3 nitrogen and oxygen atoms in total. The minimum absolute atomic E-state index is 0.388. The Hall–Kier alpha value is -2.04. The van der Waals surface area contributed by atoms with Crippen molar-refractivity contribution in [1.82, 2.24) is 9.78 Å². The Morgan fingerprint density at radius 3 is 3.07 bits per heavy atom. The van der Waals surface area contributed by atoms with Crippen molar-refractivity contribution in [3.8, 4) is 29.7 Å². The molecular formula is C11H7N3S. The monoisotopic (exact) mass is 213 g/mol. The summed E-state index contributed by atoms with van der Waals surface area (Å²) < 4.78 is 1.60. The molecule has 72 valence electrons. The molecule has 15 heavy (non-hydrogen) atoms. The lowest BCUT2D eigenvalue weighted by Crippen LogP contribution is -1.95. The van der Waals surface area contributed by atoms with Crippen LogP contribution in [0.25, 0.3) is 11.3 Å². The zero-order valence-corrected chi connectivity index (χ0v) is 8.66. The summed E-state index contributed by atoms with van der Waals surface area (Å²) in [6.45, 7) is 0.388. The smallest absolute Gasteiger partial charge is 0.111 e. The van der Waals surface area contributed by atoms with Crippen molar-refractivity contribution >= 4 is 11.3 Å². The van der Waals surface area contributed by atoms with Crippen molar-refractivity contribution < 1.29 is 0 Å². The first-order valence-corrected chi connectivity index (χ1v) is 5.23. The predicted molar refractivity (Wildman–Crippen MR) is 59.1 cm³/mol. The highest BCUT2D eigenvalue weighted by atomic mass is 32.1. The SMILES string of the molecule is C#CCn1cc(C#N)c(-c2ccsc2)n1. The van der Waals surface area contributed by atoms with Gasteiger partial charge < -0.3 is 0 Å². The molecule has 0 atom stereocenters. The number of hydrogen-bond acceptors (Lipinski definition) is 3. The summed E-state index contributed by atoms with van der Waals surface area (Å²) in [5.74, 6) is 2.49. The van der Waals surface area contributed by atoms with Gasteiger partial charge in [0.1, 0.15) is 18.3 Å². The third-order valence-electron chi connectivity index (χ3n) is 1.93. The molecule has 0 aliphatic rings. The minimum Gasteiger partial charge on any atom is -0.259 e. The number of terminal acetylenes is 1. The van der Waals surface area contributed by atoms with E-state index in [9.17, 15) is 0 Å². The van der Waals surface area contributed by atoms with Gasteiger partial charge in [-0.2, -0.15) is 21.7 Å². The lowest BCUT2D eigenvalue weighted by molar-refractivity contribution is 0.718. The molecule has 2 aromatic rings. The number of hydrogen-bond donors (Lipinski definition) is 0. The van der Waals surface area contributed by atoms with Gasteiger partial charge in [0.25, 0.3) is 0 Å². The molecule has 0 spiro atoms. The van der Waals surface area contributed by atoms with Crippen molar-refractivity contribution in [1.29, 1.82) is 5.26 Å². The number of aromatic nitrogens is 2. The zero-order chi connectivity index (χ0) is 10.7. The van der Waals surface area contributed by atoms with Crippen molar-refractivity contribution in [3.63, 3.8) is 0 Å². The summed E-state index contributed by atoms with van der Waals surface area (Å²) >= 11 is 1.58. The van der Waals surface area contributed by atoms with Crippen molar-refractivity contribution in [3.05, 3.63) is 28.6 Å². The molecule has 0 aliphatic carbocycles. The van der Waals surface area contributed by atoms with E-state index in [1.54, 1.807) is 22.2 Å². The van der Waals surface area contributed by atoms with Crippen LogP contribution in [0, 0.1) is 23.7 Å². The second-order valence-electron chi connectivity index (χ2n) is 2.92. The van der Waals surface area contributed by atoms with Gasteiger partial charge in [-0.05, 0) is 11.4 Å². The normalized spacial score (nSPS) is 9.47. The number of nitrogens with zero attached hydrogens (tertiary/aromatic N) is 3. The molecule has 4 heteroatoms. The molecule has 2 heterocycles. The average molecular weight is 213 g/mol. The van der Waals surface area contributed by atoms with E-state index in [0.717, 1.165) is 5.56 Å². The van der Waals surface area contributed by atoms with Gasteiger partial charge in [-0.1, -0.05) is 5.92 Å². The molecule has 0 saturated carbocycles. The first kappa shape index (κ1) is 9.51. The highest BCUT2D eigenvalue weighted by molar-refractivity contribution is 7.08. The van der Waals surface area contributed by atoms with Crippen molar-refractivity contribution in [2.24, 2.45) is 0 Å². The molecule has 0 unspecified atom stereocenters. The lowest BCUT2D eigenvalue weighted by atomic mass is 10.2. The summed E-state index contributed by atoms with van der Waals surface area (Å²) in [6, 6.07) is 4.05. The van der Waals surface area contributed by atoms with E-state index in [0.29, 0.717) is 17.8 Å². The third kappa shape index (κ3) is 1.76. The van der Waals surface area contributed by atoms with Crippen LogP contribution in [0.1, 0.15) is 5.56 Å². The Morgan fingerprint density at radius 1 is 1.60 bits per heavy atom. The van der Waals surface area contributed by atoms with E-state index in [2.05, 4.69) is 17.1 Å². The molecular weight excluding hydrogens is 206 g/mol. The Bertz CT molecular complexity index is 537. The van der Waals surface area contributed by atoms with Gasteiger partial charge in [0, 0.05) is 17.1 Å². The van der Waals surface area contributed by atoms with Crippen molar-refractivity contribution in [2.75, 3.05) is 0 Å². The summed E-state index contributed by atoms with van der Waals surface area (Å²) in [5.41, 5.74) is 2.23. The van der Waals surface area contributed by atoms with E-state index in [-0.39, 0.29) is 0 Å². The van der Waals surface area contributed by atoms with Crippen LogP contribution in [0.2, 0.25) is 0 Å². The molecule has 2 rings (SSSR count). The summed E-state index contributed by atoms with van der Waals surface area (Å²) in [7, 11) is 0. The van der Waals surface area contributed by atoms with Crippen LogP contribution in [-0.2, 0) is 6.54 Å². The maximum atomic E-state index is 8.95. The van der Waals surface area contributed by atoms with E-state index < -0.39 is 0 Å². The fourth-order valence-corrected chi connectivity index (χ4v) is 1.93. The van der Waals surface area contributed by atoms with Gasteiger partial charge in [0.2, 0.25) is 0 Å². The molecule has 0 amide bonds. The van der Waals surface area contributed by atoms with Crippen LogP contribution in [0.5, 0.6) is 0 Å². The maximum Gasteiger partial charge on any atom is 0.111 e. The van der Waals surface area contributed by atoms with Gasteiger partial charge >= 0.3 is 0 Å². The standard InChI is InChI=1S/C11H7N3S/c1-2-4-14-7-10(6-12)11(13-14)9-3-5-15-8-9/h1,3,5,7-8H,4H2. The fraction of sp³-hybridized carbons (Fsp3) is 0.0909. The Labute approximate surface area is 91.6 Å². The lowest BCUT2D eigenvalue weighted by Gasteiger charge is -1.91. The first-order valence-electron chi connectivity index (χ1n) is 4.28. The quantitative estimate of drug-likeness (QED) is 0.717. The van der Waals surface area contributed by atoms with Crippen molar-refractivity contribution in [2.45, 2.75) is 6.54 Å². The highest BCUT2D eigenvalue weighted by Crippen LogP contribution is 2.23. The van der Waals surface area contributed by atoms with E-state index in [1.165, 1.54) is 0 Å². The van der Waals surface area contributed by atoms with Crippen LogP contribution in [-0.4, -0.2) is 9.78 Å². The van der Waals surface area contributed by atoms with Gasteiger partial charge in [-0.15, -0.1) is 6.42 Å². The number of nitriles is 1. The summed E-state index contributed by atoms with van der Waals surface area (Å²) in [6.07, 6.45) is 6.86. The largest absolute Gasteiger partial charge is 0.259 e. The van der Waals surface area contributed by atoms with Crippen LogP contribution in [0.15, 0.2) is 23.0 Å². The molecule has 2 aromatic heterocycles. The summed E-state index contributed by atoms with van der Waals surface area (Å²) in [4.78, 5) is 0. The molecule has 0 saturated heterocycles. The van der Waals surface area contributed by atoms with Gasteiger partial charge in [-0.25, -0.2) is 0 Å². The van der Waals surface area contributed by atoms with Gasteiger partial charge in [0.15, 0.2) is 0 Å². The van der Waals surface area contributed by atoms with Crippen LogP contribution >= 0.6 is 11.3 Å². The minimum atomic E-state index is 0.388. The molecule has 0 fully saturated rings. The predicted octanol–water partition coefficient (Wildman–Crippen LogP) is 2.12. The Morgan fingerprint density at radius 2 is 2.47 bits per heavy atom. The third-order valence-corrected chi connectivity index (χ3v) is 2.61. The van der Waals surface area contributed by atoms with E-state index in [1.807, 2.05) is 16.8 Å². The Kier molecular flexibility index (Phi) is 2.53. The van der Waals surface area contributed by atoms with Gasteiger partial charge in [0.05, 0.1) is 5.56 Å². The van der Waals surface area contributed by atoms with Crippen LogP contribution < -0.4 is 0 Å². The molecule has 0 aromatic carbocycles. The maximum absolute atomic E-state index is 8.95. The van der Waals surface area contributed by atoms with Crippen LogP contribution in [0.3, 0.4) is 0 Å². The molecule has 0 aliphatic heterocycles. The first-order chi connectivity index (χ1) is 7.35. The summed E-state index contributed by atoms with van der Waals surface area (Å²) in [5, 5.41) is 17.1. The topological polar surface area (TPSA) is 41.6 Å². The second-order valence-corrected chi connectivity index (χ2v) is 3.70. The van der Waals surface area contributed by atoms with Gasteiger partial charge in [-0.3, -0.25) is 4.68 Å². The second kappa shape index (κ2) is 4.00. The fourth-order valence-electron chi connectivity index (χ4n) is 1.29. The number of rotatable bonds is 2. The van der Waals surface area contributed by atoms with E-state index in [4.69, 9.17) is 11.7 Å². The zero-order valence-electron chi connectivity index (χ0n) is 7.84. The Balaban J connectivity index is 2.48. The molecule has 0 bridgehead atoms. The molecule has 0 N–H and O–H groups in total.